The molecule has 0 atom stereocenters. The Kier molecular flexibility index (Phi) is 6.67. The van der Waals surface area contributed by atoms with Crippen LogP contribution >= 0.6 is 0 Å². The van der Waals surface area contributed by atoms with E-state index in [0.717, 1.165) is 5.56 Å². The van der Waals surface area contributed by atoms with Crippen molar-refractivity contribution in [3.05, 3.63) is 100 Å². The number of amides is 1. The quantitative estimate of drug-likeness (QED) is 0.307. The number of rotatable bonds is 7. The van der Waals surface area contributed by atoms with Gasteiger partial charge in [0.05, 0.1) is 55.5 Å². The maximum atomic E-state index is 15.0. The number of fused-ring (bicyclic) bond motifs is 1. The van der Waals surface area contributed by atoms with E-state index < -0.39 is 17.5 Å². The van der Waals surface area contributed by atoms with E-state index in [1.54, 1.807) is 24.1 Å². The second kappa shape index (κ2) is 10.1. The number of aromatic nitrogens is 1. The third kappa shape index (κ3) is 4.63. The Labute approximate surface area is 217 Å². The summed E-state index contributed by atoms with van der Waals surface area (Å²) in [5.74, 6) is -1.06. The van der Waals surface area contributed by atoms with Gasteiger partial charge in [0.1, 0.15) is 29.0 Å². The van der Waals surface area contributed by atoms with Crippen molar-refractivity contribution in [1.82, 2.24) is 9.88 Å². The molecule has 0 fully saturated rings. The number of nitrogens with zero attached hydrogens (tertiary/aromatic N) is 2. The number of benzene rings is 3. The lowest BCUT2D eigenvalue weighted by molar-refractivity contribution is 0.0766. The molecule has 0 saturated carbocycles. The van der Waals surface area contributed by atoms with Gasteiger partial charge in [-0.3, -0.25) is 4.79 Å². The molecule has 0 radical (unpaired) electrons. The summed E-state index contributed by atoms with van der Waals surface area (Å²) in [6.45, 7) is 1.86. The molecular formula is C29H24F3N3O3. The molecule has 194 valence electrons. The SMILES string of the molecule is COc1ccc(CN2Cc3nc(-c4c(F)ccc(C)c4F)cc(Nc4ccc(F)cc4)c3C2=O)c(OC)c1. The molecule has 0 bridgehead atoms. The summed E-state index contributed by atoms with van der Waals surface area (Å²) in [6, 6.07) is 14.8. The van der Waals surface area contributed by atoms with E-state index >= 15 is 4.39 Å². The number of ether oxygens (including phenoxy) is 2. The molecule has 2 heterocycles. The van der Waals surface area contributed by atoms with Crippen molar-refractivity contribution in [3.63, 3.8) is 0 Å². The van der Waals surface area contributed by atoms with Crippen molar-refractivity contribution in [1.29, 1.82) is 0 Å². The molecule has 1 N–H and O–H groups in total. The second-order valence-electron chi connectivity index (χ2n) is 8.90. The minimum atomic E-state index is -0.766. The normalized spacial score (nSPS) is 12.5. The molecule has 5 rings (SSSR count). The van der Waals surface area contributed by atoms with Gasteiger partial charge < -0.3 is 19.7 Å². The van der Waals surface area contributed by atoms with E-state index in [-0.39, 0.29) is 41.4 Å². The van der Waals surface area contributed by atoms with Crippen LogP contribution < -0.4 is 14.8 Å². The number of hydrogen-bond donors (Lipinski definition) is 1. The first-order valence-electron chi connectivity index (χ1n) is 11.8. The average molecular weight is 520 g/mol. The van der Waals surface area contributed by atoms with Gasteiger partial charge in [0.15, 0.2) is 0 Å². The first kappa shape index (κ1) is 25.1. The van der Waals surface area contributed by atoms with Crippen LogP contribution in [0.2, 0.25) is 0 Å². The fraction of sp³-hybridized carbons (Fsp3) is 0.172. The summed E-state index contributed by atoms with van der Waals surface area (Å²) in [5.41, 5.74) is 2.23. The van der Waals surface area contributed by atoms with E-state index in [4.69, 9.17) is 9.47 Å². The zero-order chi connectivity index (χ0) is 27.0. The lowest BCUT2D eigenvalue weighted by Gasteiger charge is -2.18. The minimum Gasteiger partial charge on any atom is -0.497 e. The maximum Gasteiger partial charge on any atom is 0.258 e. The van der Waals surface area contributed by atoms with Crippen LogP contribution in [-0.2, 0) is 13.1 Å². The Morgan fingerprint density at radius 2 is 1.71 bits per heavy atom. The van der Waals surface area contributed by atoms with Gasteiger partial charge in [-0.2, -0.15) is 0 Å². The fourth-order valence-corrected chi connectivity index (χ4v) is 4.48. The van der Waals surface area contributed by atoms with Crippen molar-refractivity contribution < 1.29 is 27.4 Å². The highest BCUT2D eigenvalue weighted by molar-refractivity contribution is 6.04. The standard InChI is InChI=1S/C29H24F3N3O3/c1-16-4-11-21(31)26(28(16)32)22-13-23(33-19-8-6-18(30)7-9-19)27-24(34-22)15-35(29(27)36)14-17-5-10-20(37-2)12-25(17)38-3/h4-13H,14-15H2,1-3H3,(H,33,34). The number of hydrogen-bond acceptors (Lipinski definition) is 5. The number of halogens is 3. The summed E-state index contributed by atoms with van der Waals surface area (Å²) >= 11 is 0. The zero-order valence-electron chi connectivity index (χ0n) is 20.9. The van der Waals surface area contributed by atoms with Crippen LogP contribution in [0.15, 0.2) is 60.7 Å². The van der Waals surface area contributed by atoms with Gasteiger partial charge in [0.25, 0.3) is 5.91 Å². The van der Waals surface area contributed by atoms with Crippen LogP contribution in [0.3, 0.4) is 0 Å². The Morgan fingerprint density at radius 3 is 2.42 bits per heavy atom. The van der Waals surface area contributed by atoms with Gasteiger partial charge >= 0.3 is 0 Å². The smallest absolute Gasteiger partial charge is 0.258 e. The monoisotopic (exact) mass is 519 g/mol. The Balaban J connectivity index is 1.58. The molecule has 6 nitrogen and oxygen atoms in total. The van der Waals surface area contributed by atoms with Crippen LogP contribution in [0, 0.1) is 24.4 Å². The molecule has 0 saturated heterocycles. The van der Waals surface area contributed by atoms with E-state index in [1.807, 2.05) is 6.07 Å². The summed E-state index contributed by atoms with van der Waals surface area (Å²) in [5, 5.41) is 3.11. The summed E-state index contributed by atoms with van der Waals surface area (Å²) in [4.78, 5) is 19.7. The number of methoxy groups -OCH3 is 2. The van der Waals surface area contributed by atoms with Gasteiger partial charge in [-0.25, -0.2) is 18.2 Å². The zero-order valence-corrected chi connectivity index (χ0v) is 20.9. The number of nitrogens with one attached hydrogen (secondary N) is 1. The van der Waals surface area contributed by atoms with Gasteiger partial charge in [0.2, 0.25) is 0 Å². The van der Waals surface area contributed by atoms with Crippen molar-refractivity contribution >= 4 is 17.3 Å². The van der Waals surface area contributed by atoms with Gasteiger partial charge in [0, 0.05) is 17.3 Å². The predicted molar refractivity (Wildman–Crippen MR) is 137 cm³/mol. The Bertz CT molecular complexity index is 1540. The van der Waals surface area contributed by atoms with Crippen LogP contribution in [-0.4, -0.2) is 30.0 Å². The largest absolute Gasteiger partial charge is 0.497 e. The topological polar surface area (TPSA) is 63.7 Å². The summed E-state index contributed by atoms with van der Waals surface area (Å²) < 4.78 is 54.1. The lowest BCUT2D eigenvalue weighted by atomic mass is 10.0. The fourth-order valence-electron chi connectivity index (χ4n) is 4.48. The highest BCUT2D eigenvalue weighted by atomic mass is 19.1. The molecule has 9 heteroatoms. The molecule has 38 heavy (non-hydrogen) atoms. The highest BCUT2D eigenvalue weighted by Crippen LogP contribution is 2.37. The number of carbonyl (C=O) groups excluding carboxylic acids is 1. The van der Waals surface area contributed by atoms with Crippen molar-refractivity contribution in [3.8, 4) is 22.8 Å². The lowest BCUT2D eigenvalue weighted by Crippen LogP contribution is -2.23. The van der Waals surface area contributed by atoms with Gasteiger partial charge in [-0.15, -0.1) is 0 Å². The molecular weight excluding hydrogens is 495 g/mol. The second-order valence-corrected chi connectivity index (χ2v) is 8.90. The van der Waals surface area contributed by atoms with Gasteiger partial charge in [-0.1, -0.05) is 6.07 Å². The van der Waals surface area contributed by atoms with E-state index in [2.05, 4.69) is 10.3 Å². The molecule has 0 unspecified atom stereocenters. The van der Waals surface area contributed by atoms with Crippen LogP contribution in [0.4, 0.5) is 24.5 Å². The maximum absolute atomic E-state index is 15.0. The summed E-state index contributed by atoms with van der Waals surface area (Å²) in [7, 11) is 3.08. The molecule has 0 spiro atoms. The van der Waals surface area contributed by atoms with Crippen LogP contribution in [0.25, 0.3) is 11.3 Å². The highest BCUT2D eigenvalue weighted by Gasteiger charge is 2.33. The number of anilines is 2. The van der Waals surface area contributed by atoms with E-state index in [1.165, 1.54) is 56.5 Å². The average Bonchev–Trinajstić information content (AvgIpc) is 3.23. The molecule has 1 amide bonds. The van der Waals surface area contributed by atoms with Crippen molar-refractivity contribution in [2.24, 2.45) is 0 Å². The van der Waals surface area contributed by atoms with Crippen LogP contribution in [0.1, 0.15) is 27.2 Å². The Hall–Kier alpha value is -4.53. The van der Waals surface area contributed by atoms with Gasteiger partial charge in [-0.05, 0) is 61.0 Å². The molecule has 4 aromatic rings. The molecule has 1 aromatic heterocycles. The third-order valence-corrected chi connectivity index (χ3v) is 6.46. The summed E-state index contributed by atoms with van der Waals surface area (Å²) in [6.07, 6.45) is 0. The van der Waals surface area contributed by atoms with E-state index in [9.17, 15) is 13.6 Å². The number of pyridine rings is 1. The third-order valence-electron chi connectivity index (χ3n) is 6.46. The molecule has 0 aliphatic carbocycles. The molecule has 1 aliphatic rings. The van der Waals surface area contributed by atoms with Crippen molar-refractivity contribution in [2.45, 2.75) is 20.0 Å². The first-order chi connectivity index (χ1) is 18.3. The molecule has 3 aromatic carbocycles. The van der Waals surface area contributed by atoms with E-state index in [0.29, 0.717) is 28.6 Å². The number of aryl methyl sites for hydroxylation is 1. The Morgan fingerprint density at radius 1 is 0.947 bits per heavy atom. The first-order valence-corrected chi connectivity index (χ1v) is 11.8. The predicted octanol–water partition coefficient (Wildman–Crippen LogP) is 6.39. The molecule has 1 aliphatic heterocycles. The minimum absolute atomic E-state index is 0.0451. The van der Waals surface area contributed by atoms with Crippen LogP contribution in [0.5, 0.6) is 11.5 Å². The van der Waals surface area contributed by atoms with Crippen molar-refractivity contribution in [2.75, 3.05) is 19.5 Å². The number of carbonyl (C=O) groups is 1.